The lowest BCUT2D eigenvalue weighted by atomic mass is 10.2. The van der Waals surface area contributed by atoms with Crippen molar-refractivity contribution >= 4 is 23.2 Å². The number of rotatable bonds is 2. The van der Waals surface area contributed by atoms with Gasteiger partial charge in [-0.1, -0.05) is 30.3 Å². The predicted octanol–water partition coefficient (Wildman–Crippen LogP) is 2.71. The number of halogens is 1. The van der Waals surface area contributed by atoms with E-state index in [1.54, 1.807) is 18.2 Å². The number of carbonyl (C=O) groups excluding carboxylic acids is 2. The van der Waals surface area contributed by atoms with E-state index < -0.39 is 17.6 Å². The zero-order valence-electron chi connectivity index (χ0n) is 10.8. The van der Waals surface area contributed by atoms with Crippen LogP contribution in [0.5, 0.6) is 0 Å². The molecule has 0 aliphatic rings. The smallest absolute Gasteiger partial charge is 0.314 e. The van der Waals surface area contributed by atoms with Crippen LogP contribution in [0, 0.1) is 12.7 Å². The average molecular weight is 272 g/mol. The minimum Gasteiger partial charge on any atom is -0.318 e. The van der Waals surface area contributed by atoms with Gasteiger partial charge in [-0.3, -0.25) is 9.59 Å². The lowest BCUT2D eigenvalue weighted by molar-refractivity contribution is -0.133. The SMILES string of the molecule is Cc1ccccc1NC(=O)C(=O)Nc1ccccc1F. The van der Waals surface area contributed by atoms with E-state index in [1.165, 1.54) is 18.2 Å². The molecule has 0 aliphatic heterocycles. The molecule has 0 fully saturated rings. The molecule has 2 amide bonds. The molecule has 0 heterocycles. The third-order valence-corrected chi connectivity index (χ3v) is 2.72. The van der Waals surface area contributed by atoms with E-state index in [1.807, 2.05) is 19.1 Å². The Hall–Kier alpha value is -2.69. The van der Waals surface area contributed by atoms with Gasteiger partial charge in [0.2, 0.25) is 0 Å². The molecule has 5 heteroatoms. The Balaban J connectivity index is 2.05. The summed E-state index contributed by atoms with van der Waals surface area (Å²) in [5.74, 6) is -2.36. The van der Waals surface area contributed by atoms with Crippen LogP contribution in [0.3, 0.4) is 0 Å². The molecule has 0 bridgehead atoms. The first-order valence-corrected chi connectivity index (χ1v) is 6.00. The van der Waals surface area contributed by atoms with Gasteiger partial charge in [-0.15, -0.1) is 0 Å². The summed E-state index contributed by atoms with van der Waals surface area (Å²) in [4.78, 5) is 23.4. The molecule has 2 aromatic carbocycles. The first-order valence-electron chi connectivity index (χ1n) is 6.00. The van der Waals surface area contributed by atoms with Gasteiger partial charge >= 0.3 is 11.8 Å². The largest absolute Gasteiger partial charge is 0.318 e. The molecule has 2 rings (SSSR count). The van der Waals surface area contributed by atoms with Gasteiger partial charge in [0.1, 0.15) is 5.82 Å². The Morgan fingerprint density at radius 1 is 0.850 bits per heavy atom. The van der Waals surface area contributed by atoms with Crippen LogP contribution in [0.15, 0.2) is 48.5 Å². The van der Waals surface area contributed by atoms with Gasteiger partial charge in [0, 0.05) is 5.69 Å². The number of para-hydroxylation sites is 2. The Morgan fingerprint density at radius 3 is 1.95 bits per heavy atom. The number of anilines is 2. The van der Waals surface area contributed by atoms with Crippen molar-refractivity contribution in [3.05, 3.63) is 59.9 Å². The fourth-order valence-corrected chi connectivity index (χ4v) is 1.63. The zero-order valence-corrected chi connectivity index (χ0v) is 10.8. The molecule has 0 aromatic heterocycles. The molecule has 0 radical (unpaired) electrons. The third-order valence-electron chi connectivity index (χ3n) is 2.72. The highest BCUT2D eigenvalue weighted by molar-refractivity contribution is 6.43. The minimum atomic E-state index is -0.918. The molecule has 0 aliphatic carbocycles. The molecule has 0 atom stereocenters. The van der Waals surface area contributed by atoms with E-state index in [0.717, 1.165) is 5.56 Å². The van der Waals surface area contributed by atoms with Gasteiger partial charge < -0.3 is 10.6 Å². The van der Waals surface area contributed by atoms with E-state index in [4.69, 9.17) is 0 Å². The van der Waals surface area contributed by atoms with Crippen LogP contribution in [0.1, 0.15) is 5.56 Å². The quantitative estimate of drug-likeness (QED) is 0.826. The highest BCUT2D eigenvalue weighted by Gasteiger charge is 2.16. The molecule has 2 aromatic rings. The molecular formula is C15H13FN2O2. The van der Waals surface area contributed by atoms with Crippen LogP contribution < -0.4 is 10.6 Å². The summed E-state index contributed by atoms with van der Waals surface area (Å²) < 4.78 is 13.4. The maximum atomic E-state index is 13.4. The van der Waals surface area contributed by atoms with E-state index in [2.05, 4.69) is 10.6 Å². The maximum Gasteiger partial charge on any atom is 0.314 e. The van der Waals surface area contributed by atoms with Crippen molar-refractivity contribution in [3.8, 4) is 0 Å². The van der Waals surface area contributed by atoms with Crippen LogP contribution in [0.4, 0.5) is 15.8 Å². The lowest BCUT2D eigenvalue weighted by Gasteiger charge is -2.08. The molecule has 2 N–H and O–H groups in total. The summed E-state index contributed by atoms with van der Waals surface area (Å²) in [6, 6.07) is 12.7. The first-order chi connectivity index (χ1) is 9.58. The van der Waals surface area contributed by atoms with Crippen molar-refractivity contribution < 1.29 is 14.0 Å². The lowest BCUT2D eigenvalue weighted by Crippen LogP contribution is -2.29. The number of amides is 2. The number of carbonyl (C=O) groups is 2. The standard InChI is InChI=1S/C15H13FN2O2/c1-10-6-2-4-8-12(10)17-14(19)15(20)18-13-9-5-3-7-11(13)16/h2-9H,1H3,(H,17,19)(H,18,20). The van der Waals surface area contributed by atoms with Gasteiger partial charge in [-0.05, 0) is 30.7 Å². The Morgan fingerprint density at radius 2 is 1.35 bits per heavy atom. The number of nitrogens with one attached hydrogen (secondary N) is 2. The van der Waals surface area contributed by atoms with Crippen molar-refractivity contribution in [1.29, 1.82) is 0 Å². The number of aryl methyl sites for hydroxylation is 1. The fraction of sp³-hybridized carbons (Fsp3) is 0.0667. The van der Waals surface area contributed by atoms with Crippen LogP contribution in [-0.2, 0) is 9.59 Å². The minimum absolute atomic E-state index is 0.0302. The molecule has 4 nitrogen and oxygen atoms in total. The van der Waals surface area contributed by atoms with Crippen molar-refractivity contribution in [1.82, 2.24) is 0 Å². The summed E-state index contributed by atoms with van der Waals surface area (Å²) >= 11 is 0. The monoisotopic (exact) mass is 272 g/mol. The molecule has 0 saturated heterocycles. The summed E-state index contributed by atoms with van der Waals surface area (Å²) in [5.41, 5.74) is 1.35. The van der Waals surface area contributed by atoms with E-state index in [9.17, 15) is 14.0 Å². The summed E-state index contributed by atoms with van der Waals surface area (Å²) in [7, 11) is 0. The summed E-state index contributed by atoms with van der Waals surface area (Å²) in [5, 5.41) is 4.70. The van der Waals surface area contributed by atoms with Crippen LogP contribution in [-0.4, -0.2) is 11.8 Å². The normalized spacial score (nSPS) is 9.90. The Bertz CT molecular complexity index is 598. The highest BCUT2D eigenvalue weighted by atomic mass is 19.1. The molecule has 20 heavy (non-hydrogen) atoms. The third kappa shape index (κ3) is 3.20. The number of hydrogen-bond donors (Lipinski definition) is 2. The predicted molar refractivity (Wildman–Crippen MR) is 74.8 cm³/mol. The van der Waals surface area contributed by atoms with Gasteiger partial charge in [0.15, 0.2) is 0 Å². The number of hydrogen-bond acceptors (Lipinski definition) is 2. The average Bonchev–Trinajstić information content (AvgIpc) is 2.43. The van der Waals surface area contributed by atoms with Crippen LogP contribution >= 0.6 is 0 Å². The van der Waals surface area contributed by atoms with Crippen molar-refractivity contribution in [2.45, 2.75) is 6.92 Å². The second-order valence-electron chi connectivity index (χ2n) is 4.20. The molecule has 0 saturated carbocycles. The van der Waals surface area contributed by atoms with E-state index in [-0.39, 0.29) is 5.69 Å². The summed E-state index contributed by atoms with van der Waals surface area (Å²) in [6.07, 6.45) is 0. The maximum absolute atomic E-state index is 13.4. The molecule has 0 spiro atoms. The second kappa shape index (κ2) is 5.97. The van der Waals surface area contributed by atoms with Gasteiger partial charge in [0.25, 0.3) is 0 Å². The fourth-order valence-electron chi connectivity index (χ4n) is 1.63. The van der Waals surface area contributed by atoms with E-state index >= 15 is 0 Å². The second-order valence-corrected chi connectivity index (χ2v) is 4.20. The zero-order chi connectivity index (χ0) is 14.5. The van der Waals surface area contributed by atoms with E-state index in [0.29, 0.717) is 5.69 Å². The highest BCUT2D eigenvalue weighted by Crippen LogP contribution is 2.14. The molecule has 102 valence electrons. The van der Waals surface area contributed by atoms with Gasteiger partial charge in [-0.2, -0.15) is 0 Å². The van der Waals surface area contributed by atoms with Crippen molar-refractivity contribution in [2.24, 2.45) is 0 Å². The van der Waals surface area contributed by atoms with Gasteiger partial charge in [-0.25, -0.2) is 4.39 Å². The molecular weight excluding hydrogens is 259 g/mol. The number of benzene rings is 2. The first kappa shape index (κ1) is 13.7. The Kier molecular flexibility index (Phi) is 4.10. The topological polar surface area (TPSA) is 58.2 Å². The van der Waals surface area contributed by atoms with Gasteiger partial charge in [0.05, 0.1) is 5.69 Å². The Labute approximate surface area is 115 Å². The van der Waals surface area contributed by atoms with Crippen molar-refractivity contribution in [3.63, 3.8) is 0 Å². The van der Waals surface area contributed by atoms with Crippen molar-refractivity contribution in [2.75, 3.05) is 10.6 Å². The van der Waals surface area contributed by atoms with Crippen LogP contribution in [0.2, 0.25) is 0 Å². The van der Waals surface area contributed by atoms with Crippen LogP contribution in [0.25, 0.3) is 0 Å². The molecule has 0 unspecified atom stereocenters. The summed E-state index contributed by atoms with van der Waals surface area (Å²) in [6.45, 7) is 1.81.